The number of hydrogen-bond acceptors (Lipinski definition) is 4. The van der Waals surface area contributed by atoms with Crippen molar-refractivity contribution < 1.29 is 14.3 Å². The van der Waals surface area contributed by atoms with Crippen LogP contribution in [0.15, 0.2) is 24.3 Å². The maximum absolute atomic E-state index is 12.2. The zero-order valence-electron chi connectivity index (χ0n) is 12.4. The van der Waals surface area contributed by atoms with Crippen LogP contribution in [-0.4, -0.2) is 55.0 Å². The van der Waals surface area contributed by atoms with Crippen LogP contribution in [0.3, 0.4) is 0 Å². The van der Waals surface area contributed by atoms with Crippen LogP contribution >= 0.6 is 0 Å². The number of carbonyl (C=O) groups is 2. The van der Waals surface area contributed by atoms with Crippen LogP contribution in [0, 0.1) is 0 Å². The Hall–Kier alpha value is -1.72. The van der Waals surface area contributed by atoms with Gasteiger partial charge in [-0.3, -0.25) is 14.5 Å². The Morgan fingerprint density at radius 3 is 2.81 bits per heavy atom. The SMILES string of the molecule is CC(C)N1CCOC(CN2C(=O)C(=O)c3ccccc32)C1. The molecule has 0 N–H and O–H groups in total. The summed E-state index contributed by atoms with van der Waals surface area (Å²) in [5, 5.41) is 0. The molecule has 5 nitrogen and oxygen atoms in total. The lowest BCUT2D eigenvalue weighted by Crippen LogP contribution is -2.50. The Labute approximate surface area is 124 Å². The number of nitrogens with zero attached hydrogens (tertiary/aromatic N) is 2. The van der Waals surface area contributed by atoms with E-state index in [-0.39, 0.29) is 6.10 Å². The Kier molecular flexibility index (Phi) is 3.78. The van der Waals surface area contributed by atoms with Gasteiger partial charge in [0.25, 0.3) is 11.7 Å². The third kappa shape index (κ3) is 2.59. The van der Waals surface area contributed by atoms with Gasteiger partial charge in [-0.25, -0.2) is 0 Å². The summed E-state index contributed by atoms with van der Waals surface area (Å²) >= 11 is 0. The average molecular weight is 288 g/mol. The normalized spacial score (nSPS) is 23.0. The second-order valence-corrected chi connectivity index (χ2v) is 5.84. The first-order valence-corrected chi connectivity index (χ1v) is 7.39. The van der Waals surface area contributed by atoms with Crippen LogP contribution in [0.5, 0.6) is 0 Å². The molecule has 2 heterocycles. The number of ether oxygens (including phenoxy) is 1. The minimum Gasteiger partial charge on any atom is -0.374 e. The van der Waals surface area contributed by atoms with E-state index in [2.05, 4.69) is 18.7 Å². The minimum atomic E-state index is -0.443. The molecule has 1 unspecified atom stereocenters. The number of morpholine rings is 1. The molecule has 2 aliphatic rings. The van der Waals surface area contributed by atoms with Gasteiger partial charge in [-0.15, -0.1) is 0 Å². The predicted molar refractivity (Wildman–Crippen MR) is 79.6 cm³/mol. The molecule has 2 aliphatic heterocycles. The monoisotopic (exact) mass is 288 g/mol. The summed E-state index contributed by atoms with van der Waals surface area (Å²) in [6, 6.07) is 7.61. The first kappa shape index (κ1) is 14.2. The highest BCUT2D eigenvalue weighted by Crippen LogP contribution is 2.29. The van der Waals surface area contributed by atoms with Crippen molar-refractivity contribution in [3.63, 3.8) is 0 Å². The van der Waals surface area contributed by atoms with Gasteiger partial charge in [0.1, 0.15) is 0 Å². The lowest BCUT2D eigenvalue weighted by molar-refractivity contribution is -0.115. The molecule has 1 aromatic carbocycles. The molecule has 1 fully saturated rings. The minimum absolute atomic E-state index is 0.0518. The number of ketones is 1. The molecule has 1 amide bonds. The van der Waals surface area contributed by atoms with E-state index in [1.807, 2.05) is 12.1 Å². The van der Waals surface area contributed by atoms with Gasteiger partial charge >= 0.3 is 0 Å². The van der Waals surface area contributed by atoms with Crippen LogP contribution in [0.1, 0.15) is 24.2 Å². The lowest BCUT2D eigenvalue weighted by atomic mass is 10.1. The molecule has 112 valence electrons. The fourth-order valence-electron chi connectivity index (χ4n) is 2.95. The Bertz CT molecular complexity index is 570. The molecule has 1 aromatic rings. The number of Topliss-reactive ketones (excluding diaryl/α,β-unsaturated/α-hetero) is 1. The zero-order chi connectivity index (χ0) is 15.0. The summed E-state index contributed by atoms with van der Waals surface area (Å²) < 4.78 is 5.77. The molecule has 21 heavy (non-hydrogen) atoms. The molecule has 1 saturated heterocycles. The van der Waals surface area contributed by atoms with Crippen LogP contribution in [0.2, 0.25) is 0 Å². The van der Waals surface area contributed by atoms with E-state index in [4.69, 9.17) is 4.74 Å². The maximum atomic E-state index is 12.2. The summed E-state index contributed by atoms with van der Waals surface area (Å²) in [6.07, 6.45) is -0.0518. The number of anilines is 1. The molecule has 3 rings (SSSR count). The fraction of sp³-hybridized carbons (Fsp3) is 0.500. The Morgan fingerprint density at radius 1 is 1.29 bits per heavy atom. The van der Waals surface area contributed by atoms with E-state index in [9.17, 15) is 9.59 Å². The smallest absolute Gasteiger partial charge is 0.299 e. The second-order valence-electron chi connectivity index (χ2n) is 5.84. The Balaban J connectivity index is 1.76. The van der Waals surface area contributed by atoms with Gasteiger partial charge in [0.15, 0.2) is 0 Å². The molecule has 0 saturated carbocycles. The molecule has 0 radical (unpaired) electrons. The average Bonchev–Trinajstić information content (AvgIpc) is 2.73. The number of amides is 1. The summed E-state index contributed by atoms with van der Waals surface area (Å²) in [7, 11) is 0. The van der Waals surface area contributed by atoms with Crippen LogP contribution < -0.4 is 4.90 Å². The van der Waals surface area contributed by atoms with Crippen molar-refractivity contribution in [1.29, 1.82) is 0 Å². The first-order chi connectivity index (χ1) is 10.1. The van der Waals surface area contributed by atoms with Crippen molar-refractivity contribution in [2.45, 2.75) is 26.0 Å². The summed E-state index contributed by atoms with van der Waals surface area (Å²) in [6.45, 7) is 7.12. The van der Waals surface area contributed by atoms with Crippen molar-refractivity contribution in [2.75, 3.05) is 31.1 Å². The van der Waals surface area contributed by atoms with Gasteiger partial charge in [0.05, 0.1) is 30.5 Å². The molecule has 0 aromatic heterocycles. The van der Waals surface area contributed by atoms with Crippen molar-refractivity contribution in [1.82, 2.24) is 4.90 Å². The number of para-hydroxylation sites is 1. The summed E-state index contributed by atoms with van der Waals surface area (Å²) in [4.78, 5) is 28.0. The van der Waals surface area contributed by atoms with Crippen LogP contribution in [0.4, 0.5) is 5.69 Å². The Morgan fingerprint density at radius 2 is 2.05 bits per heavy atom. The van der Waals surface area contributed by atoms with Gasteiger partial charge in [-0.05, 0) is 26.0 Å². The first-order valence-electron chi connectivity index (χ1n) is 7.39. The second kappa shape index (κ2) is 5.58. The molecular formula is C16H20N2O3. The highest BCUT2D eigenvalue weighted by molar-refractivity contribution is 6.52. The summed E-state index contributed by atoms with van der Waals surface area (Å²) in [5.74, 6) is -0.858. The van der Waals surface area contributed by atoms with Crippen molar-refractivity contribution >= 4 is 17.4 Å². The maximum Gasteiger partial charge on any atom is 0.299 e. The fourth-order valence-corrected chi connectivity index (χ4v) is 2.95. The topological polar surface area (TPSA) is 49.9 Å². The lowest BCUT2D eigenvalue weighted by Gasteiger charge is -2.36. The molecule has 0 spiro atoms. The quantitative estimate of drug-likeness (QED) is 0.787. The highest BCUT2D eigenvalue weighted by Gasteiger charge is 2.37. The van der Waals surface area contributed by atoms with Crippen LogP contribution in [-0.2, 0) is 9.53 Å². The molecule has 0 bridgehead atoms. The van der Waals surface area contributed by atoms with E-state index in [0.29, 0.717) is 30.4 Å². The van der Waals surface area contributed by atoms with E-state index >= 15 is 0 Å². The van der Waals surface area contributed by atoms with Gasteiger partial charge in [0.2, 0.25) is 0 Å². The van der Waals surface area contributed by atoms with Gasteiger partial charge in [-0.2, -0.15) is 0 Å². The van der Waals surface area contributed by atoms with E-state index in [1.165, 1.54) is 0 Å². The molecular weight excluding hydrogens is 268 g/mol. The number of rotatable bonds is 3. The third-order valence-corrected chi connectivity index (χ3v) is 4.17. The van der Waals surface area contributed by atoms with E-state index < -0.39 is 11.7 Å². The third-order valence-electron chi connectivity index (χ3n) is 4.17. The number of benzene rings is 1. The number of hydrogen-bond donors (Lipinski definition) is 0. The van der Waals surface area contributed by atoms with Gasteiger partial charge in [-0.1, -0.05) is 12.1 Å². The van der Waals surface area contributed by atoms with Crippen molar-refractivity contribution in [3.05, 3.63) is 29.8 Å². The van der Waals surface area contributed by atoms with Crippen molar-refractivity contribution in [2.24, 2.45) is 0 Å². The predicted octanol–water partition coefficient (Wildman–Crippen LogP) is 1.33. The van der Waals surface area contributed by atoms with Gasteiger partial charge in [0, 0.05) is 19.1 Å². The van der Waals surface area contributed by atoms with Crippen LogP contribution in [0.25, 0.3) is 0 Å². The molecule has 1 atom stereocenters. The van der Waals surface area contributed by atoms with Crippen molar-refractivity contribution in [3.8, 4) is 0 Å². The van der Waals surface area contributed by atoms with E-state index in [0.717, 1.165) is 13.1 Å². The zero-order valence-corrected chi connectivity index (χ0v) is 12.4. The summed E-state index contributed by atoms with van der Waals surface area (Å²) in [5.41, 5.74) is 1.21. The molecule has 0 aliphatic carbocycles. The highest BCUT2D eigenvalue weighted by atomic mass is 16.5. The van der Waals surface area contributed by atoms with Gasteiger partial charge < -0.3 is 9.64 Å². The number of fused-ring (bicyclic) bond motifs is 1. The molecule has 5 heteroatoms. The largest absolute Gasteiger partial charge is 0.374 e. The standard InChI is InChI=1S/C16H20N2O3/c1-11(2)17-7-8-21-12(9-17)10-18-14-6-4-3-5-13(14)15(19)16(18)20/h3-6,11-12H,7-10H2,1-2H3. The van der Waals surface area contributed by atoms with E-state index in [1.54, 1.807) is 17.0 Å². The number of carbonyl (C=O) groups excluding carboxylic acids is 2.